The molecule has 1 fully saturated rings. The van der Waals surface area contributed by atoms with Crippen LogP contribution < -0.4 is 5.32 Å². The molecule has 6 nitrogen and oxygen atoms in total. The van der Waals surface area contributed by atoms with Crippen molar-refractivity contribution in [3.05, 3.63) is 113 Å². The second-order valence-electron chi connectivity index (χ2n) is 8.65. The van der Waals surface area contributed by atoms with Gasteiger partial charge in [-0.15, -0.1) is 0 Å². The fourth-order valence-corrected chi connectivity index (χ4v) is 4.39. The molecule has 1 N–H and O–H groups in total. The Labute approximate surface area is 209 Å². The van der Waals surface area contributed by atoms with Gasteiger partial charge in [-0.1, -0.05) is 78.4 Å². The quantitative estimate of drug-likeness (QED) is 0.307. The number of nitrogens with one attached hydrogen (secondary N) is 1. The molecule has 0 spiro atoms. The number of ether oxygens (including phenoxy) is 1. The Bertz CT molecular complexity index is 1250. The summed E-state index contributed by atoms with van der Waals surface area (Å²) in [5.74, 6) is -2.03. The largest absolute Gasteiger partial charge is 0.467 e. The third-order valence-electron chi connectivity index (χ3n) is 6.29. The molecule has 1 aliphatic heterocycles. The molecule has 3 aromatic carbocycles. The van der Waals surface area contributed by atoms with E-state index in [0.29, 0.717) is 16.7 Å². The minimum atomic E-state index is -1.90. The van der Waals surface area contributed by atoms with E-state index in [4.69, 9.17) is 4.74 Å². The van der Waals surface area contributed by atoms with E-state index in [-0.39, 0.29) is 0 Å². The van der Waals surface area contributed by atoms with Gasteiger partial charge in [-0.2, -0.15) is 0 Å². The van der Waals surface area contributed by atoms with E-state index < -0.39 is 36.2 Å². The number of carbonyl (C=O) groups excluding carboxylic acids is 3. The molecule has 1 heterocycles. The second kappa shape index (κ2) is 10.6. The molecule has 0 bridgehead atoms. The van der Waals surface area contributed by atoms with Gasteiger partial charge in [0.25, 0.3) is 11.8 Å². The molecule has 1 aliphatic rings. The van der Waals surface area contributed by atoms with E-state index in [2.05, 4.69) is 5.32 Å². The number of amides is 2. The molecule has 0 saturated carbocycles. The van der Waals surface area contributed by atoms with Crippen LogP contribution in [0, 0.1) is 6.92 Å². The summed E-state index contributed by atoms with van der Waals surface area (Å²) in [4.78, 5) is 39.4. The topological polar surface area (TPSA) is 75.7 Å². The molecule has 3 aromatic rings. The summed E-state index contributed by atoms with van der Waals surface area (Å²) in [5, 5.41) is 2.45. The zero-order valence-electron chi connectivity index (χ0n) is 20.3. The molecule has 4 rings (SSSR count). The molecule has 3 atom stereocenters. The lowest BCUT2D eigenvalue weighted by Gasteiger charge is -2.46. The molecular formula is C29H27FN2O4. The first kappa shape index (κ1) is 24.9. The number of methoxy groups -OCH3 is 1. The zero-order valence-corrected chi connectivity index (χ0v) is 20.3. The van der Waals surface area contributed by atoms with Gasteiger partial charge in [-0.3, -0.25) is 14.5 Å². The van der Waals surface area contributed by atoms with Gasteiger partial charge in [0.2, 0.25) is 6.30 Å². The van der Waals surface area contributed by atoms with Crippen LogP contribution in [0.5, 0.6) is 0 Å². The fourth-order valence-electron chi connectivity index (χ4n) is 4.39. The van der Waals surface area contributed by atoms with Crippen LogP contribution in [0.3, 0.4) is 0 Å². The molecule has 36 heavy (non-hydrogen) atoms. The number of carbonyl (C=O) groups is 3. The van der Waals surface area contributed by atoms with Crippen LogP contribution in [0.1, 0.15) is 34.0 Å². The highest BCUT2D eigenvalue weighted by Gasteiger charge is 2.54. The van der Waals surface area contributed by atoms with E-state index in [1.807, 2.05) is 67.6 Å². The SMILES string of the molecule is COC(=O)C(C(C)=C(c1ccccc1)c1ccccc1)N1C(=O)C(NC(=O)c2ccc(C)cc2)C1F. The number of hydrogen-bond acceptors (Lipinski definition) is 4. The van der Waals surface area contributed by atoms with Crippen molar-refractivity contribution in [2.45, 2.75) is 32.2 Å². The third kappa shape index (κ3) is 4.77. The summed E-state index contributed by atoms with van der Waals surface area (Å²) in [5.41, 5.74) is 4.05. The molecular weight excluding hydrogens is 459 g/mol. The number of β-lactam (4-membered cyclic amide) rings is 1. The van der Waals surface area contributed by atoms with Crippen LogP contribution in [0.15, 0.2) is 90.5 Å². The Morgan fingerprint density at radius 1 is 0.889 bits per heavy atom. The molecule has 7 heteroatoms. The van der Waals surface area contributed by atoms with Crippen molar-refractivity contribution in [3.8, 4) is 0 Å². The number of esters is 1. The lowest BCUT2D eigenvalue weighted by molar-refractivity contribution is -0.174. The van der Waals surface area contributed by atoms with E-state index in [1.165, 1.54) is 7.11 Å². The van der Waals surface area contributed by atoms with Crippen LogP contribution in [0.25, 0.3) is 5.57 Å². The first-order valence-corrected chi connectivity index (χ1v) is 11.6. The predicted octanol–water partition coefficient (Wildman–Crippen LogP) is 4.29. The maximum Gasteiger partial charge on any atom is 0.333 e. The summed E-state index contributed by atoms with van der Waals surface area (Å²) in [6.45, 7) is 3.57. The summed E-state index contributed by atoms with van der Waals surface area (Å²) in [6.07, 6.45) is -1.90. The number of alkyl halides is 1. The lowest BCUT2D eigenvalue weighted by atomic mass is 9.88. The smallest absolute Gasteiger partial charge is 0.333 e. The Hall–Kier alpha value is -4.26. The zero-order chi connectivity index (χ0) is 25.8. The number of likely N-dealkylation sites (tertiary alicyclic amines) is 1. The molecule has 184 valence electrons. The summed E-state index contributed by atoms with van der Waals surface area (Å²) < 4.78 is 20.5. The number of halogens is 1. The standard InChI is InChI=1S/C29H27FN2O4/c1-18-14-16-22(17-15-18)27(33)31-24-26(30)32(28(24)34)25(29(35)36-3)19(2)23(20-10-6-4-7-11-20)21-12-8-5-9-13-21/h4-17,24-26H,1-3H3,(H,31,33). The number of hydrogen-bond donors (Lipinski definition) is 1. The summed E-state index contributed by atoms with van der Waals surface area (Å²) >= 11 is 0. The minimum absolute atomic E-state index is 0.315. The van der Waals surface area contributed by atoms with Gasteiger partial charge >= 0.3 is 5.97 Å². The van der Waals surface area contributed by atoms with Gasteiger partial charge < -0.3 is 10.1 Å². The van der Waals surface area contributed by atoms with E-state index >= 15 is 4.39 Å². The van der Waals surface area contributed by atoms with Crippen LogP contribution >= 0.6 is 0 Å². The van der Waals surface area contributed by atoms with Gasteiger partial charge in [-0.05, 0) is 48.3 Å². The molecule has 2 amide bonds. The van der Waals surface area contributed by atoms with Crippen LogP contribution in [0.4, 0.5) is 4.39 Å². The van der Waals surface area contributed by atoms with Crippen LogP contribution in [-0.4, -0.2) is 48.2 Å². The van der Waals surface area contributed by atoms with Gasteiger partial charge in [0.1, 0.15) is 0 Å². The fraction of sp³-hybridized carbons (Fsp3) is 0.207. The van der Waals surface area contributed by atoms with Crippen molar-refractivity contribution >= 4 is 23.4 Å². The van der Waals surface area contributed by atoms with Crippen LogP contribution in [-0.2, 0) is 14.3 Å². The summed E-state index contributed by atoms with van der Waals surface area (Å²) in [7, 11) is 1.20. The Morgan fingerprint density at radius 3 is 1.89 bits per heavy atom. The highest BCUT2D eigenvalue weighted by Crippen LogP contribution is 2.34. The van der Waals surface area contributed by atoms with Crippen molar-refractivity contribution in [2.24, 2.45) is 0 Å². The van der Waals surface area contributed by atoms with Gasteiger partial charge in [-0.25, -0.2) is 9.18 Å². The number of nitrogens with zero attached hydrogens (tertiary/aromatic N) is 1. The van der Waals surface area contributed by atoms with Crippen molar-refractivity contribution in [1.82, 2.24) is 10.2 Å². The third-order valence-corrected chi connectivity index (χ3v) is 6.29. The first-order chi connectivity index (χ1) is 17.3. The van der Waals surface area contributed by atoms with Gasteiger partial charge in [0.05, 0.1) is 7.11 Å². The highest BCUT2D eigenvalue weighted by atomic mass is 19.1. The maximum absolute atomic E-state index is 15.5. The molecule has 0 radical (unpaired) electrons. The summed E-state index contributed by atoms with van der Waals surface area (Å²) in [6, 6.07) is 22.8. The lowest BCUT2D eigenvalue weighted by Crippen LogP contribution is -2.72. The molecule has 3 unspecified atom stereocenters. The Balaban J connectivity index is 1.68. The molecule has 0 aromatic heterocycles. The van der Waals surface area contributed by atoms with Gasteiger partial charge in [0.15, 0.2) is 12.1 Å². The van der Waals surface area contributed by atoms with Crippen molar-refractivity contribution < 1.29 is 23.5 Å². The normalized spacial score (nSPS) is 17.6. The highest BCUT2D eigenvalue weighted by molar-refractivity contribution is 6.02. The first-order valence-electron chi connectivity index (χ1n) is 11.6. The maximum atomic E-state index is 15.5. The van der Waals surface area contributed by atoms with E-state index in [0.717, 1.165) is 21.6 Å². The average Bonchev–Trinajstić information content (AvgIpc) is 2.91. The number of rotatable bonds is 7. The predicted molar refractivity (Wildman–Crippen MR) is 135 cm³/mol. The molecule has 0 aliphatic carbocycles. The average molecular weight is 487 g/mol. The monoisotopic (exact) mass is 486 g/mol. The van der Waals surface area contributed by atoms with Crippen molar-refractivity contribution in [3.63, 3.8) is 0 Å². The second-order valence-corrected chi connectivity index (χ2v) is 8.65. The van der Waals surface area contributed by atoms with Crippen molar-refractivity contribution in [1.29, 1.82) is 0 Å². The van der Waals surface area contributed by atoms with Crippen LogP contribution in [0.2, 0.25) is 0 Å². The Morgan fingerprint density at radius 2 is 1.42 bits per heavy atom. The molecule has 1 saturated heterocycles. The Kier molecular flexibility index (Phi) is 7.29. The number of aryl methyl sites for hydroxylation is 1. The van der Waals surface area contributed by atoms with Gasteiger partial charge in [0, 0.05) is 5.56 Å². The van der Waals surface area contributed by atoms with Crippen molar-refractivity contribution in [2.75, 3.05) is 7.11 Å². The van der Waals surface area contributed by atoms with E-state index in [9.17, 15) is 14.4 Å². The number of benzene rings is 3. The van der Waals surface area contributed by atoms with E-state index in [1.54, 1.807) is 31.2 Å². The minimum Gasteiger partial charge on any atom is -0.467 e.